The maximum Gasteiger partial charge on any atom is 0.280 e. The third-order valence-electron chi connectivity index (χ3n) is 0.812. The van der Waals surface area contributed by atoms with Crippen LogP contribution in [-0.2, 0) is 0 Å². The standard InChI is InChI=1S/C4H4N2O2S/c7-3-1-2-6(5-3)4(8)9/h1-2H,(H,5,7)(H,8,9). The zero-order valence-corrected chi connectivity index (χ0v) is 5.18. The lowest BCUT2D eigenvalue weighted by Gasteiger charge is -1.91. The Morgan fingerprint density at radius 2 is 2.56 bits per heavy atom. The fraction of sp³-hybridized carbons (Fsp3) is 0. The van der Waals surface area contributed by atoms with Crippen molar-refractivity contribution in [3.05, 3.63) is 22.6 Å². The Kier molecular flexibility index (Phi) is 1.35. The van der Waals surface area contributed by atoms with E-state index in [4.69, 9.17) is 5.11 Å². The van der Waals surface area contributed by atoms with Crippen molar-refractivity contribution in [3.63, 3.8) is 0 Å². The molecule has 48 valence electrons. The van der Waals surface area contributed by atoms with Gasteiger partial charge in [0.2, 0.25) is 0 Å². The van der Waals surface area contributed by atoms with Crippen molar-refractivity contribution in [2.75, 3.05) is 0 Å². The number of rotatable bonds is 0. The third kappa shape index (κ3) is 1.17. The maximum atomic E-state index is 10.3. The number of H-pyrrole nitrogens is 1. The van der Waals surface area contributed by atoms with E-state index in [1.165, 1.54) is 12.3 Å². The summed E-state index contributed by atoms with van der Waals surface area (Å²) in [6.45, 7) is 0. The molecule has 0 bridgehead atoms. The van der Waals surface area contributed by atoms with E-state index in [-0.39, 0.29) is 10.7 Å². The number of hydrogen-bond acceptors (Lipinski definition) is 2. The highest BCUT2D eigenvalue weighted by Gasteiger charge is 1.92. The lowest BCUT2D eigenvalue weighted by atomic mass is 10.7. The summed E-state index contributed by atoms with van der Waals surface area (Å²) in [6, 6.07) is 1.27. The Morgan fingerprint density at radius 3 is 2.78 bits per heavy atom. The Balaban J connectivity index is 3.12. The predicted molar refractivity (Wildman–Crippen MR) is 35.7 cm³/mol. The molecular weight excluding hydrogens is 140 g/mol. The molecule has 0 saturated heterocycles. The number of nitrogens with one attached hydrogen (secondary N) is 1. The van der Waals surface area contributed by atoms with Gasteiger partial charge >= 0.3 is 0 Å². The van der Waals surface area contributed by atoms with E-state index in [1.807, 2.05) is 0 Å². The molecule has 0 fully saturated rings. The first-order chi connectivity index (χ1) is 4.20. The zero-order valence-electron chi connectivity index (χ0n) is 4.37. The van der Waals surface area contributed by atoms with Gasteiger partial charge in [-0.2, -0.15) is 0 Å². The quantitative estimate of drug-likeness (QED) is 0.498. The van der Waals surface area contributed by atoms with Gasteiger partial charge in [-0.3, -0.25) is 9.89 Å². The van der Waals surface area contributed by atoms with Gasteiger partial charge in [-0.1, -0.05) is 0 Å². The van der Waals surface area contributed by atoms with Gasteiger partial charge in [-0.05, 0) is 12.2 Å². The van der Waals surface area contributed by atoms with Crippen LogP contribution in [0.3, 0.4) is 0 Å². The normalized spacial score (nSPS) is 9.33. The molecule has 0 spiro atoms. The summed E-state index contributed by atoms with van der Waals surface area (Å²) in [6.07, 6.45) is 1.35. The first-order valence-electron chi connectivity index (χ1n) is 2.21. The van der Waals surface area contributed by atoms with Crippen LogP contribution < -0.4 is 5.56 Å². The Labute approximate surface area is 55.7 Å². The second-order valence-corrected chi connectivity index (χ2v) is 1.81. The Bertz CT molecular complexity index is 274. The van der Waals surface area contributed by atoms with E-state index < -0.39 is 0 Å². The van der Waals surface area contributed by atoms with Crippen molar-refractivity contribution in [2.45, 2.75) is 0 Å². The zero-order chi connectivity index (χ0) is 6.85. The summed E-state index contributed by atoms with van der Waals surface area (Å²) >= 11 is 4.32. The Hall–Kier alpha value is -1.10. The highest BCUT2D eigenvalue weighted by Crippen LogP contribution is 1.76. The summed E-state index contributed by atoms with van der Waals surface area (Å²) < 4.78 is 1.05. The molecule has 0 atom stereocenters. The smallest absolute Gasteiger partial charge is 0.280 e. The fourth-order valence-electron chi connectivity index (χ4n) is 0.447. The van der Waals surface area contributed by atoms with E-state index in [2.05, 4.69) is 17.3 Å². The van der Waals surface area contributed by atoms with Crippen molar-refractivity contribution in [3.8, 4) is 0 Å². The molecule has 0 unspecified atom stereocenters. The lowest BCUT2D eigenvalue weighted by Crippen LogP contribution is -2.11. The second kappa shape index (κ2) is 2.02. The summed E-state index contributed by atoms with van der Waals surface area (Å²) in [5.41, 5.74) is -0.286. The fourth-order valence-corrected chi connectivity index (χ4v) is 0.554. The lowest BCUT2D eigenvalue weighted by molar-refractivity contribution is 0.527. The van der Waals surface area contributed by atoms with Gasteiger partial charge in [-0.25, -0.2) is 4.68 Å². The molecule has 4 nitrogen and oxygen atoms in total. The number of aromatic amines is 1. The minimum atomic E-state index is -0.364. The van der Waals surface area contributed by atoms with Crippen molar-refractivity contribution in [1.29, 1.82) is 0 Å². The molecule has 1 rings (SSSR count). The van der Waals surface area contributed by atoms with Crippen LogP contribution in [-0.4, -0.2) is 20.1 Å². The van der Waals surface area contributed by atoms with E-state index in [0.717, 1.165) is 4.68 Å². The van der Waals surface area contributed by atoms with Gasteiger partial charge in [0.05, 0.1) is 0 Å². The number of hydrogen-bond donors (Lipinski definition) is 2. The molecule has 1 heterocycles. The average Bonchev–Trinajstić information content (AvgIpc) is 2.14. The summed E-state index contributed by atoms with van der Waals surface area (Å²) in [7, 11) is 0. The van der Waals surface area contributed by atoms with Crippen molar-refractivity contribution in [1.82, 2.24) is 9.78 Å². The van der Waals surface area contributed by atoms with E-state index in [0.29, 0.717) is 0 Å². The molecule has 0 aliphatic rings. The van der Waals surface area contributed by atoms with Crippen LogP contribution >= 0.6 is 12.2 Å². The first-order valence-corrected chi connectivity index (χ1v) is 2.62. The van der Waals surface area contributed by atoms with Crippen molar-refractivity contribution in [2.24, 2.45) is 0 Å². The second-order valence-electron chi connectivity index (χ2n) is 1.44. The molecule has 0 amide bonds. The number of aromatic nitrogens is 2. The SMILES string of the molecule is O=c1ccn(C(O)=S)[nH]1. The number of aliphatic hydroxyl groups excluding tert-OH is 1. The largest absolute Gasteiger partial charge is 0.485 e. The van der Waals surface area contributed by atoms with Crippen LogP contribution in [0.1, 0.15) is 0 Å². The van der Waals surface area contributed by atoms with Crippen LogP contribution in [0.2, 0.25) is 0 Å². The number of thiocarbonyl (C=S) groups is 1. The molecule has 2 N–H and O–H groups in total. The van der Waals surface area contributed by atoms with E-state index >= 15 is 0 Å². The molecule has 9 heavy (non-hydrogen) atoms. The van der Waals surface area contributed by atoms with Gasteiger partial charge in [-0.15, -0.1) is 0 Å². The highest BCUT2D eigenvalue weighted by molar-refractivity contribution is 7.79. The van der Waals surface area contributed by atoms with Crippen LogP contribution in [0.15, 0.2) is 17.1 Å². The van der Waals surface area contributed by atoms with Crippen LogP contribution in [0.25, 0.3) is 0 Å². The average molecular weight is 144 g/mol. The highest BCUT2D eigenvalue weighted by atomic mass is 32.1. The van der Waals surface area contributed by atoms with E-state index in [1.54, 1.807) is 0 Å². The van der Waals surface area contributed by atoms with Crippen LogP contribution in [0.4, 0.5) is 0 Å². The van der Waals surface area contributed by atoms with Crippen LogP contribution in [0.5, 0.6) is 0 Å². The third-order valence-corrected chi connectivity index (χ3v) is 1.01. The predicted octanol–water partition coefficient (Wildman–Crippen LogP) is -0.133. The molecule has 0 aromatic carbocycles. The maximum absolute atomic E-state index is 10.3. The molecule has 0 radical (unpaired) electrons. The monoisotopic (exact) mass is 144 g/mol. The van der Waals surface area contributed by atoms with Crippen LogP contribution in [0, 0.1) is 0 Å². The summed E-state index contributed by atoms with van der Waals surface area (Å²) in [5.74, 6) is 0. The summed E-state index contributed by atoms with van der Waals surface area (Å²) in [4.78, 5) is 10.3. The Morgan fingerprint density at radius 1 is 1.89 bits per heavy atom. The topological polar surface area (TPSA) is 58.0 Å². The number of aliphatic hydroxyl groups is 1. The number of nitrogens with zero attached hydrogens (tertiary/aromatic N) is 1. The molecule has 1 aromatic heterocycles. The minimum Gasteiger partial charge on any atom is -0.485 e. The first kappa shape index (κ1) is 6.03. The molecule has 0 saturated carbocycles. The van der Waals surface area contributed by atoms with E-state index in [9.17, 15) is 4.79 Å². The molecular formula is C4H4N2O2S. The molecule has 0 aliphatic heterocycles. The van der Waals surface area contributed by atoms with Gasteiger partial charge < -0.3 is 5.11 Å². The van der Waals surface area contributed by atoms with Gasteiger partial charge in [0.1, 0.15) is 0 Å². The van der Waals surface area contributed by atoms with Gasteiger partial charge in [0.25, 0.3) is 10.7 Å². The van der Waals surface area contributed by atoms with Crippen molar-refractivity contribution < 1.29 is 5.11 Å². The van der Waals surface area contributed by atoms with Gasteiger partial charge in [0.15, 0.2) is 0 Å². The van der Waals surface area contributed by atoms with Crippen molar-refractivity contribution >= 4 is 17.4 Å². The summed E-state index contributed by atoms with van der Waals surface area (Å²) in [5, 5.41) is 10.4. The minimum absolute atomic E-state index is 0.286. The van der Waals surface area contributed by atoms with Gasteiger partial charge in [0, 0.05) is 12.3 Å². The molecule has 0 aliphatic carbocycles. The molecule has 1 aromatic rings. The molecule has 5 heteroatoms.